The molecule has 0 saturated carbocycles. The van der Waals surface area contributed by atoms with E-state index in [2.05, 4.69) is 20.4 Å². The largest absolute Gasteiger partial charge is 0.366 e. The second-order valence-electron chi connectivity index (χ2n) is 6.44. The summed E-state index contributed by atoms with van der Waals surface area (Å²) >= 11 is 0. The number of halogens is 2. The van der Waals surface area contributed by atoms with Crippen molar-refractivity contribution in [1.29, 1.82) is 0 Å². The lowest BCUT2D eigenvalue weighted by molar-refractivity contribution is 0.211. The van der Waals surface area contributed by atoms with Gasteiger partial charge in [0.2, 0.25) is 0 Å². The van der Waals surface area contributed by atoms with Gasteiger partial charge in [0.05, 0.1) is 5.69 Å². The van der Waals surface area contributed by atoms with Crippen LogP contribution in [0.2, 0.25) is 0 Å². The average Bonchev–Trinajstić information content (AvgIpc) is 2.56. The molecule has 0 amide bonds. The minimum atomic E-state index is -0.795. The molecule has 0 unspecified atom stereocenters. The Morgan fingerprint density at radius 2 is 1.83 bits per heavy atom. The van der Waals surface area contributed by atoms with Crippen LogP contribution >= 0.6 is 0 Å². The van der Waals surface area contributed by atoms with Gasteiger partial charge in [0.1, 0.15) is 5.82 Å². The van der Waals surface area contributed by atoms with E-state index in [0.717, 1.165) is 48.6 Å². The second-order valence-corrected chi connectivity index (χ2v) is 6.44. The lowest BCUT2D eigenvalue weighted by Gasteiger charge is -2.32. The molecule has 128 valence electrons. The molecule has 0 spiro atoms. The lowest BCUT2D eigenvalue weighted by atomic mass is 10.0. The number of nitrogens with zero attached hydrogens (tertiary/aromatic N) is 3. The summed E-state index contributed by atoms with van der Waals surface area (Å²) in [5.41, 5.74) is 2.88. The molecule has 0 aliphatic carbocycles. The molecule has 1 aromatic carbocycles. The molecular formula is C18H22F2N4. The maximum Gasteiger partial charge on any atom is 0.159 e. The van der Waals surface area contributed by atoms with Crippen LogP contribution in [0.3, 0.4) is 0 Å². The number of likely N-dealkylation sites (tertiary alicyclic amines) is 1. The Labute approximate surface area is 140 Å². The zero-order chi connectivity index (χ0) is 17.1. The van der Waals surface area contributed by atoms with Crippen molar-refractivity contribution in [2.45, 2.75) is 39.3 Å². The summed E-state index contributed by atoms with van der Waals surface area (Å²) < 4.78 is 26.3. The number of hydrogen-bond donors (Lipinski definition) is 1. The summed E-state index contributed by atoms with van der Waals surface area (Å²) in [6, 6.07) is 6.51. The van der Waals surface area contributed by atoms with Crippen molar-refractivity contribution in [2.75, 3.05) is 18.4 Å². The molecule has 0 atom stereocenters. The third kappa shape index (κ3) is 4.06. The number of benzene rings is 1. The number of aryl methyl sites for hydroxylation is 2. The van der Waals surface area contributed by atoms with Crippen molar-refractivity contribution >= 4 is 5.82 Å². The van der Waals surface area contributed by atoms with Gasteiger partial charge in [-0.25, -0.2) is 8.78 Å². The van der Waals surface area contributed by atoms with Gasteiger partial charge in [0.15, 0.2) is 11.6 Å². The Kier molecular flexibility index (Phi) is 5.04. The zero-order valence-electron chi connectivity index (χ0n) is 14.0. The molecule has 1 aromatic heterocycles. The molecule has 2 heterocycles. The molecule has 6 heteroatoms. The van der Waals surface area contributed by atoms with Crippen LogP contribution in [0, 0.1) is 25.5 Å². The first-order chi connectivity index (χ1) is 11.5. The Morgan fingerprint density at radius 3 is 2.50 bits per heavy atom. The standard InChI is InChI=1S/C18H22F2N4/c1-12-9-18(23-22-13(12)2)21-15-5-7-24(8-6-15)11-14-3-4-16(19)17(20)10-14/h3-4,9-10,15H,5-8,11H2,1-2H3,(H,21,23). The summed E-state index contributed by atoms with van der Waals surface area (Å²) in [5.74, 6) is -0.759. The SMILES string of the molecule is Cc1cc(NC2CCN(Cc3ccc(F)c(F)c3)CC2)nnc1C. The first-order valence-corrected chi connectivity index (χ1v) is 8.25. The highest BCUT2D eigenvalue weighted by Crippen LogP contribution is 2.18. The maximum atomic E-state index is 13.3. The summed E-state index contributed by atoms with van der Waals surface area (Å²) in [4.78, 5) is 2.26. The fraction of sp³-hybridized carbons (Fsp3) is 0.444. The van der Waals surface area contributed by atoms with E-state index < -0.39 is 11.6 Å². The molecule has 3 rings (SSSR count). The van der Waals surface area contributed by atoms with Crippen LogP contribution in [0.15, 0.2) is 24.3 Å². The zero-order valence-corrected chi connectivity index (χ0v) is 14.0. The summed E-state index contributed by atoms with van der Waals surface area (Å²) in [6.07, 6.45) is 1.97. The van der Waals surface area contributed by atoms with E-state index >= 15 is 0 Å². The van der Waals surface area contributed by atoms with Gasteiger partial charge in [-0.3, -0.25) is 4.90 Å². The van der Waals surface area contributed by atoms with Gasteiger partial charge in [0.25, 0.3) is 0 Å². The smallest absolute Gasteiger partial charge is 0.159 e. The van der Waals surface area contributed by atoms with Crippen molar-refractivity contribution in [3.63, 3.8) is 0 Å². The van der Waals surface area contributed by atoms with Crippen molar-refractivity contribution in [3.05, 3.63) is 52.7 Å². The first kappa shape index (κ1) is 16.8. The van der Waals surface area contributed by atoms with Gasteiger partial charge in [-0.2, -0.15) is 5.10 Å². The minimum Gasteiger partial charge on any atom is -0.366 e. The average molecular weight is 332 g/mol. The Hall–Kier alpha value is -2.08. The molecule has 1 N–H and O–H groups in total. The van der Waals surface area contributed by atoms with Gasteiger partial charge < -0.3 is 5.32 Å². The Balaban J connectivity index is 1.51. The predicted molar refractivity (Wildman–Crippen MR) is 89.8 cm³/mol. The van der Waals surface area contributed by atoms with E-state index in [4.69, 9.17) is 0 Å². The monoisotopic (exact) mass is 332 g/mol. The van der Waals surface area contributed by atoms with Gasteiger partial charge in [-0.1, -0.05) is 6.07 Å². The highest BCUT2D eigenvalue weighted by molar-refractivity contribution is 5.38. The van der Waals surface area contributed by atoms with Crippen LogP contribution in [0.25, 0.3) is 0 Å². The quantitative estimate of drug-likeness (QED) is 0.931. The molecule has 0 bridgehead atoms. The number of rotatable bonds is 4. The van der Waals surface area contributed by atoms with Crippen LogP contribution in [-0.4, -0.2) is 34.2 Å². The van der Waals surface area contributed by atoms with Crippen LogP contribution in [0.5, 0.6) is 0 Å². The second kappa shape index (κ2) is 7.21. The molecule has 1 fully saturated rings. The molecule has 24 heavy (non-hydrogen) atoms. The number of anilines is 1. The minimum absolute atomic E-state index is 0.364. The Morgan fingerprint density at radius 1 is 1.08 bits per heavy atom. The summed E-state index contributed by atoms with van der Waals surface area (Å²) in [7, 11) is 0. The van der Waals surface area contributed by atoms with Crippen LogP contribution in [0.1, 0.15) is 29.7 Å². The first-order valence-electron chi connectivity index (χ1n) is 8.25. The number of piperidine rings is 1. The van der Waals surface area contributed by atoms with E-state index in [1.807, 2.05) is 19.9 Å². The van der Waals surface area contributed by atoms with Gasteiger partial charge >= 0.3 is 0 Å². The molecule has 0 radical (unpaired) electrons. The van der Waals surface area contributed by atoms with E-state index in [1.165, 1.54) is 12.1 Å². The van der Waals surface area contributed by atoms with E-state index in [9.17, 15) is 8.78 Å². The molecule has 2 aromatic rings. The third-order valence-electron chi connectivity index (χ3n) is 4.56. The van der Waals surface area contributed by atoms with Crippen molar-refractivity contribution in [1.82, 2.24) is 15.1 Å². The molecule has 1 aliphatic rings. The maximum absolute atomic E-state index is 13.3. The number of nitrogens with one attached hydrogen (secondary N) is 1. The lowest BCUT2D eigenvalue weighted by Crippen LogP contribution is -2.38. The molecule has 1 aliphatic heterocycles. The Bertz CT molecular complexity index is 651. The summed E-state index contributed by atoms with van der Waals surface area (Å²) in [5, 5.41) is 11.8. The van der Waals surface area contributed by atoms with Crippen molar-refractivity contribution in [3.8, 4) is 0 Å². The van der Waals surface area contributed by atoms with Gasteiger partial charge in [-0.05, 0) is 56.0 Å². The van der Waals surface area contributed by atoms with Crippen molar-refractivity contribution < 1.29 is 8.78 Å². The van der Waals surface area contributed by atoms with E-state index in [-0.39, 0.29) is 0 Å². The number of hydrogen-bond acceptors (Lipinski definition) is 4. The normalized spacial score (nSPS) is 16.3. The fourth-order valence-corrected chi connectivity index (χ4v) is 2.96. The van der Waals surface area contributed by atoms with Gasteiger partial charge in [-0.15, -0.1) is 5.10 Å². The van der Waals surface area contributed by atoms with E-state index in [1.54, 1.807) is 6.07 Å². The van der Waals surface area contributed by atoms with Crippen LogP contribution in [-0.2, 0) is 6.54 Å². The van der Waals surface area contributed by atoms with Gasteiger partial charge in [0, 0.05) is 25.7 Å². The number of aromatic nitrogens is 2. The molecule has 4 nitrogen and oxygen atoms in total. The highest BCUT2D eigenvalue weighted by atomic mass is 19.2. The van der Waals surface area contributed by atoms with E-state index in [0.29, 0.717) is 12.6 Å². The summed E-state index contributed by atoms with van der Waals surface area (Å²) in [6.45, 7) is 6.44. The predicted octanol–water partition coefficient (Wildman–Crippen LogP) is 3.45. The van der Waals surface area contributed by atoms with Crippen molar-refractivity contribution in [2.24, 2.45) is 0 Å². The molecule has 1 saturated heterocycles. The van der Waals surface area contributed by atoms with Crippen LogP contribution < -0.4 is 5.32 Å². The van der Waals surface area contributed by atoms with Crippen LogP contribution in [0.4, 0.5) is 14.6 Å². The topological polar surface area (TPSA) is 41.0 Å². The third-order valence-corrected chi connectivity index (χ3v) is 4.56. The fourth-order valence-electron chi connectivity index (χ4n) is 2.96. The highest BCUT2D eigenvalue weighted by Gasteiger charge is 2.20. The molecular weight excluding hydrogens is 310 g/mol.